The Labute approximate surface area is 142 Å². The van der Waals surface area contributed by atoms with Crippen LogP contribution < -0.4 is 0 Å². The maximum Gasteiger partial charge on any atom is 0.254 e. The molecular formula is C21H23NO2. The smallest absolute Gasteiger partial charge is 0.254 e. The molecule has 3 atom stereocenters. The number of fused-ring (bicyclic) bond motifs is 2. The molecule has 1 N–H and O–H groups in total. The van der Waals surface area contributed by atoms with Crippen LogP contribution in [-0.2, 0) is 0 Å². The van der Waals surface area contributed by atoms with Gasteiger partial charge in [-0.1, -0.05) is 48.5 Å². The molecule has 1 amide bonds. The van der Waals surface area contributed by atoms with Crippen LogP contribution in [0.15, 0.2) is 54.6 Å². The lowest BCUT2D eigenvalue weighted by Crippen LogP contribution is -2.55. The van der Waals surface area contributed by atoms with Crippen LogP contribution in [0.5, 0.6) is 0 Å². The summed E-state index contributed by atoms with van der Waals surface area (Å²) in [5, 5.41) is 10.1. The minimum atomic E-state index is -0.256. The predicted molar refractivity (Wildman–Crippen MR) is 94.7 cm³/mol. The molecule has 2 saturated heterocycles. The molecule has 0 aromatic heterocycles. The fourth-order valence-corrected chi connectivity index (χ4v) is 4.36. The normalized spacial score (nSPS) is 26.2. The van der Waals surface area contributed by atoms with Crippen LogP contribution in [0.25, 0.3) is 11.1 Å². The summed E-state index contributed by atoms with van der Waals surface area (Å²) >= 11 is 0. The molecule has 124 valence electrons. The Morgan fingerprint density at radius 1 is 0.917 bits per heavy atom. The Balaban J connectivity index is 1.71. The number of hydrogen-bond acceptors (Lipinski definition) is 2. The maximum absolute atomic E-state index is 13.4. The molecule has 2 aliphatic rings. The van der Waals surface area contributed by atoms with Gasteiger partial charge >= 0.3 is 0 Å². The van der Waals surface area contributed by atoms with Gasteiger partial charge in [-0.05, 0) is 49.3 Å². The summed E-state index contributed by atoms with van der Waals surface area (Å²) in [5.41, 5.74) is 2.84. The first-order valence-electron chi connectivity index (χ1n) is 8.89. The molecule has 3 nitrogen and oxygen atoms in total. The van der Waals surface area contributed by atoms with Gasteiger partial charge < -0.3 is 10.0 Å². The molecule has 0 aliphatic carbocycles. The summed E-state index contributed by atoms with van der Waals surface area (Å²) < 4.78 is 0. The van der Waals surface area contributed by atoms with E-state index in [2.05, 4.69) is 4.90 Å². The number of aliphatic hydroxyl groups is 1. The van der Waals surface area contributed by atoms with Gasteiger partial charge in [0.2, 0.25) is 0 Å². The fraction of sp³-hybridized carbons (Fsp3) is 0.381. The van der Waals surface area contributed by atoms with Crippen molar-refractivity contribution in [1.29, 1.82) is 0 Å². The van der Waals surface area contributed by atoms with Crippen LogP contribution in [0.3, 0.4) is 0 Å². The van der Waals surface area contributed by atoms with Crippen LogP contribution in [0, 0.1) is 0 Å². The van der Waals surface area contributed by atoms with Crippen molar-refractivity contribution in [3.8, 4) is 11.1 Å². The summed E-state index contributed by atoms with van der Waals surface area (Å²) in [6.07, 6.45) is 4.35. The average Bonchev–Trinajstić information content (AvgIpc) is 2.61. The molecule has 2 aromatic rings. The lowest BCUT2D eigenvalue weighted by molar-refractivity contribution is -0.0150. The molecule has 2 aliphatic heterocycles. The van der Waals surface area contributed by atoms with Gasteiger partial charge in [0.15, 0.2) is 0 Å². The largest absolute Gasteiger partial charge is 0.393 e. The van der Waals surface area contributed by atoms with E-state index in [0.29, 0.717) is 0 Å². The van der Waals surface area contributed by atoms with Crippen molar-refractivity contribution < 1.29 is 9.90 Å². The zero-order valence-corrected chi connectivity index (χ0v) is 13.8. The third kappa shape index (κ3) is 2.73. The molecule has 2 bridgehead atoms. The highest BCUT2D eigenvalue weighted by molar-refractivity contribution is 6.01. The van der Waals surface area contributed by atoms with E-state index in [0.717, 1.165) is 48.8 Å². The molecule has 2 heterocycles. The highest BCUT2D eigenvalue weighted by Crippen LogP contribution is 2.36. The number of nitrogens with zero attached hydrogens (tertiary/aromatic N) is 1. The molecule has 2 fully saturated rings. The fourth-order valence-electron chi connectivity index (χ4n) is 4.36. The van der Waals surface area contributed by atoms with Crippen molar-refractivity contribution in [3.05, 3.63) is 60.2 Å². The molecule has 0 saturated carbocycles. The van der Waals surface area contributed by atoms with Crippen LogP contribution in [0.1, 0.15) is 42.5 Å². The second-order valence-corrected chi connectivity index (χ2v) is 6.99. The second kappa shape index (κ2) is 6.40. The van der Waals surface area contributed by atoms with E-state index in [1.807, 2.05) is 54.6 Å². The monoisotopic (exact) mass is 321 g/mol. The van der Waals surface area contributed by atoms with Gasteiger partial charge in [-0.15, -0.1) is 0 Å². The summed E-state index contributed by atoms with van der Waals surface area (Å²) in [4.78, 5) is 15.4. The third-order valence-corrected chi connectivity index (χ3v) is 5.43. The van der Waals surface area contributed by atoms with E-state index in [1.54, 1.807) is 0 Å². The molecule has 4 rings (SSSR count). The number of hydrogen-bond donors (Lipinski definition) is 1. The number of benzene rings is 2. The number of rotatable bonds is 2. The summed E-state index contributed by atoms with van der Waals surface area (Å²) in [7, 11) is 0. The van der Waals surface area contributed by atoms with Gasteiger partial charge in [0.25, 0.3) is 5.91 Å². The summed E-state index contributed by atoms with van der Waals surface area (Å²) in [5.74, 6) is 0.121. The summed E-state index contributed by atoms with van der Waals surface area (Å²) in [6, 6.07) is 18.3. The first kappa shape index (κ1) is 15.4. The van der Waals surface area contributed by atoms with Gasteiger partial charge in [0.1, 0.15) is 0 Å². The first-order valence-corrected chi connectivity index (χ1v) is 8.89. The number of piperidine rings is 2. The minimum absolute atomic E-state index is 0.121. The van der Waals surface area contributed by atoms with Crippen LogP contribution in [0.2, 0.25) is 0 Å². The van der Waals surface area contributed by atoms with Crippen molar-refractivity contribution in [2.24, 2.45) is 0 Å². The molecule has 0 spiro atoms. The number of amides is 1. The van der Waals surface area contributed by atoms with E-state index in [4.69, 9.17) is 0 Å². The van der Waals surface area contributed by atoms with Crippen molar-refractivity contribution in [3.63, 3.8) is 0 Å². The van der Waals surface area contributed by atoms with Crippen LogP contribution >= 0.6 is 0 Å². The van der Waals surface area contributed by atoms with E-state index in [9.17, 15) is 9.90 Å². The Morgan fingerprint density at radius 2 is 1.54 bits per heavy atom. The second-order valence-electron chi connectivity index (χ2n) is 6.99. The van der Waals surface area contributed by atoms with Crippen molar-refractivity contribution in [1.82, 2.24) is 4.90 Å². The molecule has 3 heteroatoms. The Hall–Kier alpha value is -2.13. The molecule has 0 radical (unpaired) electrons. The van der Waals surface area contributed by atoms with E-state index in [-0.39, 0.29) is 24.1 Å². The highest BCUT2D eigenvalue weighted by Gasteiger charge is 2.40. The van der Waals surface area contributed by atoms with E-state index < -0.39 is 0 Å². The SMILES string of the molecule is O=C(c1ccccc1-c1ccccc1)N1[C@@H]2CCC[C@H]1CC(O)C2. The van der Waals surface area contributed by atoms with Gasteiger partial charge in [0, 0.05) is 17.6 Å². The lowest BCUT2D eigenvalue weighted by Gasteiger charge is -2.48. The molecule has 1 unspecified atom stereocenters. The van der Waals surface area contributed by atoms with Gasteiger partial charge in [0.05, 0.1) is 6.10 Å². The first-order chi connectivity index (χ1) is 11.7. The Kier molecular flexibility index (Phi) is 4.11. The predicted octanol–water partition coefficient (Wildman–Crippen LogP) is 3.87. The molecular weight excluding hydrogens is 298 g/mol. The number of carbonyl (C=O) groups is 1. The zero-order valence-electron chi connectivity index (χ0n) is 13.8. The molecule has 2 aromatic carbocycles. The minimum Gasteiger partial charge on any atom is -0.393 e. The Bertz CT molecular complexity index is 714. The maximum atomic E-state index is 13.4. The molecule has 24 heavy (non-hydrogen) atoms. The standard InChI is InChI=1S/C21H23NO2/c23-18-13-16-9-6-10-17(14-18)22(16)21(24)20-12-5-4-11-19(20)15-7-2-1-3-8-15/h1-5,7-8,11-12,16-18,23H,6,9-10,13-14H2/t16-,17+,18?. The van der Waals surface area contributed by atoms with Crippen LogP contribution in [-0.4, -0.2) is 34.1 Å². The Morgan fingerprint density at radius 3 is 2.25 bits per heavy atom. The van der Waals surface area contributed by atoms with Gasteiger partial charge in [-0.3, -0.25) is 4.79 Å². The topological polar surface area (TPSA) is 40.5 Å². The van der Waals surface area contributed by atoms with Crippen molar-refractivity contribution >= 4 is 5.91 Å². The van der Waals surface area contributed by atoms with E-state index in [1.165, 1.54) is 0 Å². The quantitative estimate of drug-likeness (QED) is 0.912. The lowest BCUT2D eigenvalue weighted by atomic mass is 9.82. The average molecular weight is 321 g/mol. The van der Waals surface area contributed by atoms with Crippen molar-refractivity contribution in [2.75, 3.05) is 0 Å². The van der Waals surface area contributed by atoms with Gasteiger partial charge in [-0.2, -0.15) is 0 Å². The van der Waals surface area contributed by atoms with Crippen LogP contribution in [0.4, 0.5) is 0 Å². The highest BCUT2D eigenvalue weighted by atomic mass is 16.3. The summed E-state index contributed by atoms with van der Waals surface area (Å²) in [6.45, 7) is 0. The van der Waals surface area contributed by atoms with E-state index >= 15 is 0 Å². The van der Waals surface area contributed by atoms with Crippen molar-refractivity contribution in [2.45, 2.75) is 50.3 Å². The third-order valence-electron chi connectivity index (χ3n) is 5.43. The number of carbonyl (C=O) groups excluding carboxylic acids is 1. The number of aliphatic hydroxyl groups excluding tert-OH is 1. The van der Waals surface area contributed by atoms with Gasteiger partial charge in [-0.25, -0.2) is 0 Å². The zero-order chi connectivity index (χ0) is 16.5.